The highest BCUT2D eigenvalue weighted by atomic mass is 16.5. The van der Waals surface area contributed by atoms with Crippen LogP contribution in [0.1, 0.15) is 271 Å². The zero-order chi connectivity index (χ0) is 43.8. The first-order chi connectivity index (χ1) is 29.5. The van der Waals surface area contributed by atoms with Gasteiger partial charge in [-0.3, -0.25) is 9.59 Å². The van der Waals surface area contributed by atoms with Crippen LogP contribution in [0.2, 0.25) is 0 Å². The van der Waals surface area contributed by atoms with E-state index in [1.807, 2.05) is 0 Å². The summed E-state index contributed by atoms with van der Waals surface area (Å²) in [5.74, 6) is -0.490. The lowest BCUT2D eigenvalue weighted by atomic mass is 10.0. The van der Waals surface area contributed by atoms with Crippen LogP contribution in [0.15, 0.2) is 36.5 Å². The average molecular weight is 844 g/mol. The van der Waals surface area contributed by atoms with Gasteiger partial charge in [0.1, 0.15) is 6.10 Å². The van der Waals surface area contributed by atoms with Crippen molar-refractivity contribution in [3.63, 3.8) is 0 Å². The number of esters is 1. The van der Waals surface area contributed by atoms with Crippen LogP contribution >= 0.6 is 0 Å². The fourth-order valence-electron chi connectivity index (χ4n) is 7.99. The highest BCUT2D eigenvalue weighted by Gasteiger charge is 2.24. The molecule has 3 N–H and O–H groups in total. The second kappa shape index (κ2) is 48.1. The molecule has 1 amide bonds. The number of ether oxygens (including phenoxy) is 1. The maximum absolute atomic E-state index is 13.2. The van der Waals surface area contributed by atoms with Crippen molar-refractivity contribution in [1.29, 1.82) is 0 Å². The van der Waals surface area contributed by atoms with Crippen LogP contribution in [0, 0.1) is 0 Å². The van der Waals surface area contributed by atoms with Crippen molar-refractivity contribution in [2.75, 3.05) is 6.61 Å². The van der Waals surface area contributed by atoms with E-state index in [0.717, 1.165) is 83.5 Å². The predicted octanol–water partition coefficient (Wildman–Crippen LogP) is 15.7. The molecule has 0 aromatic carbocycles. The SMILES string of the molecule is CC/C=C/C/C=C/CCCCCCCC(CC(=O)NC(CO)C(O)CCCCCCCCCCCCC)OC(=O)CCCCCCC/C=C/CCCCCCCCCCC. The highest BCUT2D eigenvalue weighted by Crippen LogP contribution is 2.18. The molecular formula is C54H101NO5. The lowest BCUT2D eigenvalue weighted by molar-refractivity contribution is -0.151. The fourth-order valence-corrected chi connectivity index (χ4v) is 7.99. The van der Waals surface area contributed by atoms with Gasteiger partial charge in [0.15, 0.2) is 0 Å². The number of aliphatic hydroxyl groups is 2. The van der Waals surface area contributed by atoms with Crippen molar-refractivity contribution in [1.82, 2.24) is 5.32 Å². The summed E-state index contributed by atoms with van der Waals surface area (Å²) in [5.41, 5.74) is 0. The number of amides is 1. The minimum absolute atomic E-state index is 0.0668. The Bertz CT molecular complexity index is 993. The van der Waals surface area contributed by atoms with Gasteiger partial charge in [0.05, 0.1) is 25.2 Å². The van der Waals surface area contributed by atoms with E-state index in [1.165, 1.54) is 141 Å². The number of rotatable bonds is 47. The number of unbranched alkanes of at least 4 members (excludes halogenated alkanes) is 29. The molecule has 0 aliphatic rings. The molecule has 0 aromatic rings. The van der Waals surface area contributed by atoms with Gasteiger partial charge in [-0.25, -0.2) is 0 Å². The van der Waals surface area contributed by atoms with Crippen LogP contribution < -0.4 is 5.32 Å². The molecule has 0 heterocycles. The van der Waals surface area contributed by atoms with E-state index in [-0.39, 0.29) is 24.9 Å². The third-order valence-electron chi connectivity index (χ3n) is 12.0. The summed E-state index contributed by atoms with van der Waals surface area (Å²) in [6.45, 7) is 6.38. The van der Waals surface area contributed by atoms with E-state index in [1.54, 1.807) is 0 Å². The molecule has 3 atom stereocenters. The lowest BCUT2D eigenvalue weighted by Crippen LogP contribution is -2.46. The van der Waals surface area contributed by atoms with E-state index in [4.69, 9.17) is 4.74 Å². The largest absolute Gasteiger partial charge is 0.462 e. The molecule has 0 saturated heterocycles. The van der Waals surface area contributed by atoms with E-state index in [0.29, 0.717) is 19.3 Å². The summed E-state index contributed by atoms with van der Waals surface area (Å²) in [4.78, 5) is 26.1. The topological polar surface area (TPSA) is 95.9 Å². The minimum atomic E-state index is -0.790. The number of allylic oxidation sites excluding steroid dienone is 6. The van der Waals surface area contributed by atoms with E-state index in [9.17, 15) is 19.8 Å². The molecule has 6 nitrogen and oxygen atoms in total. The number of hydrogen-bond acceptors (Lipinski definition) is 5. The zero-order valence-corrected chi connectivity index (χ0v) is 40.1. The summed E-state index contributed by atoms with van der Waals surface area (Å²) in [6.07, 6.45) is 56.4. The second-order valence-electron chi connectivity index (χ2n) is 17.9. The zero-order valence-electron chi connectivity index (χ0n) is 40.1. The summed E-state index contributed by atoms with van der Waals surface area (Å²) >= 11 is 0. The Kier molecular flexibility index (Phi) is 46.6. The first-order valence-corrected chi connectivity index (χ1v) is 26.2. The second-order valence-corrected chi connectivity index (χ2v) is 17.9. The van der Waals surface area contributed by atoms with Gasteiger partial charge in [-0.15, -0.1) is 0 Å². The molecule has 0 saturated carbocycles. The van der Waals surface area contributed by atoms with Crippen molar-refractivity contribution in [2.45, 2.75) is 289 Å². The number of carbonyl (C=O) groups is 2. The maximum atomic E-state index is 13.2. The van der Waals surface area contributed by atoms with Crippen LogP contribution in [0.25, 0.3) is 0 Å². The first kappa shape index (κ1) is 58.1. The molecule has 0 bridgehead atoms. The summed E-state index contributed by atoms with van der Waals surface area (Å²) in [6, 6.07) is -0.705. The van der Waals surface area contributed by atoms with Gasteiger partial charge in [-0.05, 0) is 77.0 Å². The third-order valence-corrected chi connectivity index (χ3v) is 12.0. The van der Waals surface area contributed by atoms with Gasteiger partial charge in [0.25, 0.3) is 0 Å². The number of nitrogens with one attached hydrogen (secondary N) is 1. The van der Waals surface area contributed by atoms with Crippen molar-refractivity contribution in [3.05, 3.63) is 36.5 Å². The summed E-state index contributed by atoms with van der Waals surface area (Å²) in [7, 11) is 0. The van der Waals surface area contributed by atoms with Gasteiger partial charge in [-0.2, -0.15) is 0 Å². The Morgan fingerprint density at radius 1 is 0.500 bits per heavy atom. The van der Waals surface area contributed by atoms with Gasteiger partial charge in [-0.1, -0.05) is 218 Å². The Hall–Kier alpha value is -1.92. The number of carbonyl (C=O) groups excluding carboxylic acids is 2. The predicted molar refractivity (Wildman–Crippen MR) is 259 cm³/mol. The molecule has 0 fully saturated rings. The lowest BCUT2D eigenvalue weighted by Gasteiger charge is -2.24. The maximum Gasteiger partial charge on any atom is 0.306 e. The molecule has 0 aliphatic carbocycles. The number of aliphatic hydroxyl groups excluding tert-OH is 2. The van der Waals surface area contributed by atoms with Crippen LogP contribution in [0.5, 0.6) is 0 Å². The average Bonchev–Trinajstić information content (AvgIpc) is 3.24. The molecule has 352 valence electrons. The fraction of sp³-hybridized carbons (Fsp3) is 0.852. The van der Waals surface area contributed by atoms with Gasteiger partial charge >= 0.3 is 5.97 Å². The normalized spacial score (nSPS) is 13.5. The summed E-state index contributed by atoms with van der Waals surface area (Å²) < 4.78 is 5.93. The van der Waals surface area contributed by atoms with Crippen molar-refractivity contribution in [2.24, 2.45) is 0 Å². The molecule has 60 heavy (non-hydrogen) atoms. The third kappa shape index (κ3) is 42.8. The quantitative estimate of drug-likeness (QED) is 0.0322. The van der Waals surface area contributed by atoms with E-state index in [2.05, 4.69) is 62.5 Å². The molecule has 0 aliphatic heterocycles. The highest BCUT2D eigenvalue weighted by molar-refractivity contribution is 5.77. The van der Waals surface area contributed by atoms with Gasteiger partial charge in [0.2, 0.25) is 5.91 Å². The molecule has 0 spiro atoms. The molecular weight excluding hydrogens is 743 g/mol. The van der Waals surface area contributed by atoms with E-state index < -0.39 is 18.2 Å². The monoisotopic (exact) mass is 844 g/mol. The number of hydrogen-bond donors (Lipinski definition) is 3. The first-order valence-electron chi connectivity index (χ1n) is 26.2. The van der Waals surface area contributed by atoms with Crippen LogP contribution in [0.3, 0.4) is 0 Å². The smallest absolute Gasteiger partial charge is 0.306 e. The van der Waals surface area contributed by atoms with Gasteiger partial charge < -0.3 is 20.3 Å². The Labute approximate surface area is 373 Å². The minimum Gasteiger partial charge on any atom is -0.462 e. The Morgan fingerprint density at radius 2 is 0.900 bits per heavy atom. The summed E-state index contributed by atoms with van der Waals surface area (Å²) in [5, 5.41) is 23.7. The molecule has 6 heteroatoms. The van der Waals surface area contributed by atoms with Crippen molar-refractivity contribution < 1.29 is 24.5 Å². The van der Waals surface area contributed by atoms with Crippen LogP contribution in [-0.4, -0.2) is 46.9 Å². The molecule has 3 unspecified atom stereocenters. The van der Waals surface area contributed by atoms with Crippen LogP contribution in [-0.2, 0) is 14.3 Å². The Morgan fingerprint density at radius 3 is 1.37 bits per heavy atom. The van der Waals surface area contributed by atoms with Crippen molar-refractivity contribution >= 4 is 11.9 Å². The Balaban J connectivity index is 4.53. The van der Waals surface area contributed by atoms with E-state index >= 15 is 0 Å². The standard InChI is InChI=1S/C54H101NO5/c1-4-7-10-13-16-19-22-24-25-26-27-28-29-32-35-38-41-44-47-54(59)60-50(45-42-39-36-33-31-23-20-17-14-11-8-5-2)48-53(58)55-51(49-56)52(57)46-43-40-37-34-30-21-18-15-12-9-6-3/h8,11,17,20,27-28,50-52,56-57H,4-7,9-10,12-16,18-19,21-26,29-49H2,1-3H3,(H,55,58)/b11-8+,20-17+,28-27+. The molecule has 0 radical (unpaired) electrons. The van der Waals surface area contributed by atoms with Gasteiger partial charge in [0, 0.05) is 6.42 Å². The van der Waals surface area contributed by atoms with Crippen LogP contribution in [0.4, 0.5) is 0 Å². The molecule has 0 aromatic heterocycles. The van der Waals surface area contributed by atoms with Crippen molar-refractivity contribution in [3.8, 4) is 0 Å². The molecule has 0 rings (SSSR count).